The van der Waals surface area contributed by atoms with Crippen molar-refractivity contribution >= 4 is 28.5 Å². The molecular formula is C18H18N2O5. The fraction of sp³-hybridized carbons (Fsp3) is 0.278. The number of benzene rings is 1. The summed E-state index contributed by atoms with van der Waals surface area (Å²) in [6.07, 6.45) is 1.28. The summed E-state index contributed by atoms with van der Waals surface area (Å²) in [6, 6.07) is 7.29. The van der Waals surface area contributed by atoms with E-state index in [-0.39, 0.29) is 5.57 Å². The van der Waals surface area contributed by atoms with E-state index in [2.05, 4.69) is 10.3 Å². The zero-order valence-corrected chi connectivity index (χ0v) is 14.4. The number of ether oxygens (including phenoxy) is 3. The number of carbonyl (C=O) groups is 2. The first kappa shape index (κ1) is 16.8. The predicted octanol–water partition coefficient (Wildman–Crippen LogP) is 2.68. The second-order valence-electron chi connectivity index (χ2n) is 6.05. The smallest absolute Gasteiger partial charge is 0.350 e. The molecule has 0 radical (unpaired) electrons. The lowest BCUT2D eigenvalue weighted by atomic mass is 10.1. The molecule has 3 rings (SSSR count). The molecule has 0 bridgehead atoms. The van der Waals surface area contributed by atoms with Gasteiger partial charge in [0.05, 0.1) is 7.11 Å². The summed E-state index contributed by atoms with van der Waals surface area (Å²) in [4.78, 5) is 28.5. The number of nitrogens with one attached hydrogen (secondary N) is 1. The number of nitrogens with zero attached hydrogens (tertiary/aromatic N) is 1. The number of esters is 2. The van der Waals surface area contributed by atoms with Crippen LogP contribution in [0.5, 0.6) is 5.75 Å². The van der Waals surface area contributed by atoms with Crippen LogP contribution in [0, 0.1) is 6.92 Å². The molecule has 1 aromatic carbocycles. The lowest BCUT2D eigenvalue weighted by Gasteiger charge is -2.29. The Morgan fingerprint density at radius 1 is 1.12 bits per heavy atom. The minimum Gasteiger partial charge on any atom is -0.494 e. The molecule has 1 aliphatic heterocycles. The van der Waals surface area contributed by atoms with Crippen molar-refractivity contribution in [1.29, 1.82) is 0 Å². The molecule has 0 spiro atoms. The molecule has 7 nitrogen and oxygen atoms in total. The van der Waals surface area contributed by atoms with Crippen molar-refractivity contribution in [2.24, 2.45) is 0 Å². The zero-order chi connectivity index (χ0) is 18.2. The van der Waals surface area contributed by atoms with Crippen molar-refractivity contribution in [3.63, 3.8) is 0 Å². The second kappa shape index (κ2) is 6.08. The second-order valence-corrected chi connectivity index (χ2v) is 6.05. The third-order valence-corrected chi connectivity index (χ3v) is 3.67. The first-order valence-corrected chi connectivity index (χ1v) is 7.68. The number of carbonyl (C=O) groups excluding carboxylic acids is 2. The van der Waals surface area contributed by atoms with Gasteiger partial charge in [-0.15, -0.1) is 0 Å². The molecule has 2 heterocycles. The van der Waals surface area contributed by atoms with E-state index in [1.54, 1.807) is 19.2 Å². The van der Waals surface area contributed by atoms with Crippen LogP contribution < -0.4 is 10.1 Å². The average Bonchev–Trinajstić information content (AvgIpc) is 2.52. The standard InChI is InChI=1S/C18H18N2O5/c1-10-5-6-11-13(7-8-14(23-4)15(11)20-10)19-9-12-16(21)24-18(2,3)25-17(12)22/h5-9,19H,1-4H3. The molecule has 0 unspecified atom stereocenters. The minimum absolute atomic E-state index is 0.205. The van der Waals surface area contributed by atoms with Crippen molar-refractivity contribution < 1.29 is 23.8 Å². The number of fused-ring (bicyclic) bond motifs is 1. The number of hydrogen-bond acceptors (Lipinski definition) is 7. The Labute approximate surface area is 144 Å². The van der Waals surface area contributed by atoms with Gasteiger partial charge in [0.25, 0.3) is 5.79 Å². The van der Waals surface area contributed by atoms with Gasteiger partial charge >= 0.3 is 11.9 Å². The van der Waals surface area contributed by atoms with Crippen LogP contribution in [0.25, 0.3) is 10.9 Å². The number of anilines is 1. The summed E-state index contributed by atoms with van der Waals surface area (Å²) in [7, 11) is 1.57. The molecule has 0 aliphatic carbocycles. The van der Waals surface area contributed by atoms with Crippen LogP contribution in [-0.2, 0) is 19.1 Å². The number of methoxy groups -OCH3 is 1. The lowest BCUT2D eigenvalue weighted by molar-refractivity contribution is -0.222. The molecule has 0 amide bonds. The third-order valence-electron chi connectivity index (χ3n) is 3.67. The fourth-order valence-corrected chi connectivity index (χ4v) is 2.51. The monoisotopic (exact) mass is 342 g/mol. The van der Waals surface area contributed by atoms with E-state index in [4.69, 9.17) is 14.2 Å². The molecule has 1 fully saturated rings. The van der Waals surface area contributed by atoms with Gasteiger partial charge in [0.1, 0.15) is 11.3 Å². The van der Waals surface area contributed by atoms with Gasteiger partial charge in [0.2, 0.25) is 0 Å². The summed E-state index contributed by atoms with van der Waals surface area (Å²) >= 11 is 0. The van der Waals surface area contributed by atoms with E-state index in [0.29, 0.717) is 17.0 Å². The highest BCUT2D eigenvalue weighted by molar-refractivity contribution is 6.15. The van der Waals surface area contributed by atoms with Crippen molar-refractivity contribution in [2.45, 2.75) is 26.6 Å². The summed E-state index contributed by atoms with van der Waals surface area (Å²) in [5, 5.41) is 3.75. The molecule has 1 aliphatic rings. The van der Waals surface area contributed by atoms with Crippen LogP contribution in [0.4, 0.5) is 5.69 Å². The van der Waals surface area contributed by atoms with Gasteiger partial charge < -0.3 is 19.5 Å². The Kier molecular flexibility index (Phi) is 4.08. The maximum Gasteiger partial charge on any atom is 0.350 e. The normalized spacial score (nSPS) is 16.2. The molecular weight excluding hydrogens is 324 g/mol. The maximum atomic E-state index is 12.0. The van der Waals surface area contributed by atoms with Crippen LogP contribution >= 0.6 is 0 Å². The fourth-order valence-electron chi connectivity index (χ4n) is 2.51. The first-order chi connectivity index (χ1) is 11.8. The van der Waals surface area contributed by atoms with Gasteiger partial charge in [-0.1, -0.05) is 0 Å². The van der Waals surface area contributed by atoms with Crippen molar-refractivity contribution in [1.82, 2.24) is 4.98 Å². The third kappa shape index (κ3) is 3.26. The Hall–Kier alpha value is -3.09. The lowest BCUT2D eigenvalue weighted by Crippen LogP contribution is -2.42. The number of cyclic esters (lactones) is 2. The van der Waals surface area contributed by atoms with E-state index in [0.717, 1.165) is 11.1 Å². The summed E-state index contributed by atoms with van der Waals surface area (Å²) in [5.74, 6) is -2.10. The van der Waals surface area contributed by atoms with Crippen LogP contribution in [-0.4, -0.2) is 29.8 Å². The van der Waals surface area contributed by atoms with Crippen LogP contribution in [0.2, 0.25) is 0 Å². The number of aromatic nitrogens is 1. The number of rotatable bonds is 3. The molecule has 1 N–H and O–H groups in total. The largest absolute Gasteiger partial charge is 0.494 e. The number of aryl methyl sites for hydroxylation is 1. The highest BCUT2D eigenvalue weighted by atomic mass is 16.7. The van der Waals surface area contributed by atoms with E-state index in [9.17, 15) is 9.59 Å². The predicted molar refractivity (Wildman–Crippen MR) is 91.0 cm³/mol. The molecule has 0 saturated carbocycles. The van der Waals surface area contributed by atoms with Gasteiger partial charge in [-0.05, 0) is 31.2 Å². The zero-order valence-electron chi connectivity index (χ0n) is 14.4. The van der Waals surface area contributed by atoms with Gasteiger partial charge in [0.15, 0.2) is 5.57 Å². The quantitative estimate of drug-likeness (QED) is 0.521. The SMILES string of the molecule is COc1ccc(NC=C2C(=O)OC(C)(C)OC2=O)c2ccc(C)nc12. The summed E-state index contributed by atoms with van der Waals surface area (Å²) in [6.45, 7) is 4.88. The van der Waals surface area contributed by atoms with Crippen molar-refractivity contribution in [3.05, 3.63) is 41.7 Å². The highest BCUT2D eigenvalue weighted by Crippen LogP contribution is 2.31. The van der Waals surface area contributed by atoms with Crippen LogP contribution in [0.3, 0.4) is 0 Å². The van der Waals surface area contributed by atoms with Crippen molar-refractivity contribution in [2.75, 3.05) is 12.4 Å². The number of pyridine rings is 1. The molecule has 7 heteroatoms. The molecule has 0 atom stereocenters. The minimum atomic E-state index is -1.26. The highest BCUT2D eigenvalue weighted by Gasteiger charge is 2.38. The molecule has 1 aromatic heterocycles. The maximum absolute atomic E-state index is 12.0. The van der Waals surface area contributed by atoms with Crippen LogP contribution in [0.1, 0.15) is 19.5 Å². The van der Waals surface area contributed by atoms with E-state index >= 15 is 0 Å². The van der Waals surface area contributed by atoms with E-state index in [1.807, 2.05) is 19.1 Å². The number of hydrogen-bond donors (Lipinski definition) is 1. The van der Waals surface area contributed by atoms with E-state index in [1.165, 1.54) is 20.0 Å². The molecule has 1 saturated heterocycles. The first-order valence-electron chi connectivity index (χ1n) is 7.68. The van der Waals surface area contributed by atoms with Gasteiger partial charge in [-0.2, -0.15) is 0 Å². The molecule has 130 valence electrons. The van der Waals surface area contributed by atoms with Gasteiger partial charge in [-0.25, -0.2) is 14.6 Å². The van der Waals surface area contributed by atoms with E-state index < -0.39 is 17.7 Å². The Morgan fingerprint density at radius 2 is 1.80 bits per heavy atom. The van der Waals surface area contributed by atoms with Gasteiger partial charge in [0, 0.05) is 36.8 Å². The summed E-state index contributed by atoms with van der Waals surface area (Å²) in [5.41, 5.74) is 1.99. The van der Waals surface area contributed by atoms with Gasteiger partial charge in [-0.3, -0.25) is 0 Å². The van der Waals surface area contributed by atoms with Crippen molar-refractivity contribution in [3.8, 4) is 5.75 Å². The average molecular weight is 342 g/mol. The Morgan fingerprint density at radius 3 is 2.44 bits per heavy atom. The Balaban J connectivity index is 1.96. The van der Waals surface area contributed by atoms with Crippen LogP contribution in [0.15, 0.2) is 36.0 Å². The molecule has 2 aromatic rings. The Bertz CT molecular complexity index is 880. The topological polar surface area (TPSA) is 86.8 Å². The summed E-state index contributed by atoms with van der Waals surface area (Å²) < 4.78 is 15.5. The molecule has 25 heavy (non-hydrogen) atoms.